The van der Waals surface area contributed by atoms with Gasteiger partial charge in [-0.1, -0.05) is 0 Å². The van der Waals surface area contributed by atoms with Crippen molar-refractivity contribution in [2.24, 2.45) is 0 Å². The van der Waals surface area contributed by atoms with Gasteiger partial charge in [0.25, 0.3) is 11.8 Å². The van der Waals surface area contributed by atoms with E-state index in [1.807, 2.05) is 23.1 Å². The molecule has 2 aliphatic heterocycles. The molecule has 1 fully saturated rings. The third-order valence-corrected chi connectivity index (χ3v) is 6.42. The van der Waals surface area contributed by atoms with Crippen LogP contribution in [0.15, 0.2) is 18.2 Å². The Hall–Kier alpha value is -2.86. The van der Waals surface area contributed by atoms with Gasteiger partial charge in [0.2, 0.25) is 0 Å². The fourth-order valence-electron chi connectivity index (χ4n) is 5.12. The molecule has 6 heteroatoms. The van der Waals surface area contributed by atoms with E-state index in [1.54, 1.807) is 0 Å². The zero-order valence-corrected chi connectivity index (χ0v) is 15.6. The minimum absolute atomic E-state index is 0.0462. The molecule has 3 aromatic rings. The minimum atomic E-state index is 0.0462. The molecule has 3 aliphatic rings. The van der Waals surface area contributed by atoms with Crippen LogP contribution in [0.1, 0.15) is 43.8 Å². The van der Waals surface area contributed by atoms with Crippen LogP contribution in [0.2, 0.25) is 0 Å². The number of carbonyl (C=O) groups excluding carboxylic acids is 2. The van der Waals surface area contributed by atoms with Crippen LogP contribution in [0.5, 0.6) is 0 Å². The van der Waals surface area contributed by atoms with Gasteiger partial charge in [-0.25, -0.2) is 0 Å². The largest absolute Gasteiger partial charge is 0.378 e. The Bertz CT molecular complexity index is 1170. The first kappa shape index (κ1) is 16.1. The molecule has 0 radical (unpaired) electrons. The number of fused-ring (bicyclic) bond motifs is 8. The SMILES string of the molecule is O=C1NCc2c1c1c(c3[nH]c4ccc(C(=O)N5CCOCC5)cc4c23)CCC1. The molecule has 0 bridgehead atoms. The summed E-state index contributed by atoms with van der Waals surface area (Å²) in [5, 5.41) is 5.16. The first-order valence-corrected chi connectivity index (χ1v) is 9.99. The van der Waals surface area contributed by atoms with Gasteiger partial charge in [-0.3, -0.25) is 9.59 Å². The van der Waals surface area contributed by atoms with Gasteiger partial charge in [0.05, 0.1) is 18.7 Å². The second-order valence-corrected chi connectivity index (χ2v) is 7.89. The number of nitrogens with one attached hydrogen (secondary N) is 2. The van der Waals surface area contributed by atoms with Crippen LogP contribution in [0.4, 0.5) is 0 Å². The number of carbonyl (C=O) groups is 2. The number of aromatic nitrogens is 1. The lowest BCUT2D eigenvalue weighted by Crippen LogP contribution is -2.40. The molecule has 2 N–H and O–H groups in total. The number of amides is 2. The Labute approximate surface area is 161 Å². The van der Waals surface area contributed by atoms with Crippen molar-refractivity contribution in [2.75, 3.05) is 26.3 Å². The predicted molar refractivity (Wildman–Crippen MR) is 106 cm³/mol. The highest BCUT2D eigenvalue weighted by atomic mass is 16.5. The molecule has 0 saturated carbocycles. The Morgan fingerprint density at radius 1 is 1.07 bits per heavy atom. The van der Waals surface area contributed by atoms with Crippen molar-refractivity contribution in [3.63, 3.8) is 0 Å². The van der Waals surface area contributed by atoms with Gasteiger partial charge in [-0.2, -0.15) is 0 Å². The number of aromatic amines is 1. The number of hydrogen-bond acceptors (Lipinski definition) is 3. The quantitative estimate of drug-likeness (QED) is 0.686. The van der Waals surface area contributed by atoms with Gasteiger partial charge in [0.15, 0.2) is 0 Å². The molecular weight excluding hydrogens is 354 g/mol. The molecule has 3 heterocycles. The molecule has 1 saturated heterocycles. The lowest BCUT2D eigenvalue weighted by molar-refractivity contribution is 0.0303. The number of hydrogen-bond donors (Lipinski definition) is 2. The Kier molecular flexibility index (Phi) is 3.35. The lowest BCUT2D eigenvalue weighted by atomic mass is 9.93. The van der Waals surface area contributed by atoms with Crippen molar-refractivity contribution in [1.82, 2.24) is 15.2 Å². The van der Waals surface area contributed by atoms with E-state index in [4.69, 9.17) is 4.74 Å². The molecule has 28 heavy (non-hydrogen) atoms. The number of morpholine rings is 1. The van der Waals surface area contributed by atoms with Crippen molar-refractivity contribution in [3.05, 3.63) is 46.0 Å². The molecule has 2 amide bonds. The van der Waals surface area contributed by atoms with Gasteiger partial charge < -0.3 is 19.9 Å². The number of rotatable bonds is 1. The fourth-order valence-corrected chi connectivity index (χ4v) is 5.12. The summed E-state index contributed by atoms with van der Waals surface area (Å²) >= 11 is 0. The van der Waals surface area contributed by atoms with Crippen LogP contribution in [-0.4, -0.2) is 48.0 Å². The predicted octanol–water partition coefficient (Wildman–Crippen LogP) is 2.53. The zero-order chi connectivity index (χ0) is 18.8. The first-order valence-electron chi connectivity index (χ1n) is 9.99. The van der Waals surface area contributed by atoms with E-state index >= 15 is 0 Å². The Morgan fingerprint density at radius 3 is 2.75 bits per heavy atom. The standard InChI is InChI=1S/C22H21N3O3/c26-21-19-13-2-1-3-14(13)20-18(16(19)11-23-21)15-10-12(4-5-17(15)24-20)22(27)25-6-8-28-9-7-25/h4-5,10,24H,1-3,6-9,11H2,(H,23,26). The molecule has 6 rings (SSSR count). The van der Waals surface area contributed by atoms with Gasteiger partial charge in [0.1, 0.15) is 0 Å². The smallest absolute Gasteiger partial charge is 0.254 e. The topological polar surface area (TPSA) is 74.4 Å². The van der Waals surface area contributed by atoms with Crippen molar-refractivity contribution in [3.8, 4) is 0 Å². The number of ether oxygens (including phenoxy) is 1. The Balaban J connectivity index is 1.58. The van der Waals surface area contributed by atoms with Gasteiger partial charge in [-0.05, 0) is 54.2 Å². The second kappa shape index (κ2) is 5.82. The van der Waals surface area contributed by atoms with Gasteiger partial charge in [-0.15, -0.1) is 0 Å². The highest BCUT2D eigenvalue weighted by molar-refractivity contribution is 6.17. The van der Waals surface area contributed by atoms with Crippen molar-refractivity contribution in [1.29, 1.82) is 0 Å². The third kappa shape index (κ3) is 2.12. The minimum Gasteiger partial charge on any atom is -0.378 e. The summed E-state index contributed by atoms with van der Waals surface area (Å²) in [6.45, 7) is 3.01. The maximum absolute atomic E-state index is 13.0. The molecular formula is C22H21N3O3. The molecule has 2 aromatic carbocycles. The van der Waals surface area contributed by atoms with E-state index in [0.29, 0.717) is 38.4 Å². The third-order valence-electron chi connectivity index (χ3n) is 6.42. The number of benzene rings is 2. The van der Waals surface area contributed by atoms with Crippen LogP contribution in [0.25, 0.3) is 21.8 Å². The zero-order valence-electron chi connectivity index (χ0n) is 15.6. The molecule has 6 nitrogen and oxygen atoms in total. The maximum Gasteiger partial charge on any atom is 0.254 e. The number of H-pyrrole nitrogens is 1. The van der Waals surface area contributed by atoms with Crippen molar-refractivity contribution < 1.29 is 14.3 Å². The molecule has 0 atom stereocenters. The average molecular weight is 375 g/mol. The van der Waals surface area contributed by atoms with E-state index in [9.17, 15) is 9.59 Å². The summed E-state index contributed by atoms with van der Waals surface area (Å²) in [5.74, 6) is 0.0940. The van der Waals surface area contributed by atoms with E-state index < -0.39 is 0 Å². The second-order valence-electron chi connectivity index (χ2n) is 7.89. The molecule has 1 aliphatic carbocycles. The lowest BCUT2D eigenvalue weighted by Gasteiger charge is -2.26. The van der Waals surface area contributed by atoms with Gasteiger partial charge >= 0.3 is 0 Å². The van der Waals surface area contributed by atoms with Crippen molar-refractivity contribution >= 4 is 33.6 Å². The maximum atomic E-state index is 13.0. The number of aryl methyl sites for hydroxylation is 1. The fraction of sp³-hybridized carbons (Fsp3) is 0.364. The first-order chi connectivity index (χ1) is 13.7. The molecule has 142 valence electrons. The van der Waals surface area contributed by atoms with Crippen LogP contribution < -0.4 is 5.32 Å². The summed E-state index contributed by atoms with van der Waals surface area (Å²) in [7, 11) is 0. The van der Waals surface area contributed by atoms with Gasteiger partial charge in [0, 0.05) is 47.1 Å². The summed E-state index contributed by atoms with van der Waals surface area (Å²) in [6, 6.07) is 5.90. The van der Waals surface area contributed by atoms with Crippen molar-refractivity contribution in [2.45, 2.75) is 25.8 Å². The summed E-state index contributed by atoms with van der Waals surface area (Å²) in [6.07, 6.45) is 3.06. The summed E-state index contributed by atoms with van der Waals surface area (Å²) < 4.78 is 5.37. The normalized spacial score (nSPS) is 18.6. The van der Waals surface area contributed by atoms with E-state index in [2.05, 4.69) is 10.3 Å². The van der Waals surface area contributed by atoms with Crippen LogP contribution in [0.3, 0.4) is 0 Å². The molecule has 0 spiro atoms. The van der Waals surface area contributed by atoms with E-state index in [-0.39, 0.29) is 11.8 Å². The highest BCUT2D eigenvalue weighted by Crippen LogP contribution is 2.41. The number of nitrogens with zero attached hydrogens (tertiary/aromatic N) is 1. The molecule has 0 unspecified atom stereocenters. The van der Waals surface area contributed by atoms with Crippen LogP contribution in [0, 0.1) is 0 Å². The average Bonchev–Trinajstić information content (AvgIpc) is 3.43. The molecule has 1 aromatic heterocycles. The van der Waals surface area contributed by atoms with Crippen LogP contribution in [-0.2, 0) is 24.1 Å². The highest BCUT2D eigenvalue weighted by Gasteiger charge is 2.32. The van der Waals surface area contributed by atoms with E-state index in [1.165, 1.54) is 11.1 Å². The summed E-state index contributed by atoms with van der Waals surface area (Å²) in [4.78, 5) is 30.9. The van der Waals surface area contributed by atoms with Crippen LogP contribution >= 0.6 is 0 Å². The monoisotopic (exact) mass is 375 g/mol. The summed E-state index contributed by atoms with van der Waals surface area (Å²) in [5.41, 5.74) is 7.33. The Morgan fingerprint density at radius 2 is 1.89 bits per heavy atom. The van der Waals surface area contributed by atoms with E-state index in [0.717, 1.165) is 52.2 Å².